The van der Waals surface area contributed by atoms with Gasteiger partial charge in [-0.25, -0.2) is 0 Å². The lowest BCUT2D eigenvalue weighted by Crippen LogP contribution is -2.39. The van der Waals surface area contributed by atoms with Gasteiger partial charge in [-0.2, -0.15) is 0 Å². The van der Waals surface area contributed by atoms with E-state index in [2.05, 4.69) is 16.0 Å². The summed E-state index contributed by atoms with van der Waals surface area (Å²) in [5.41, 5.74) is 1.19. The van der Waals surface area contributed by atoms with Crippen molar-refractivity contribution in [1.29, 1.82) is 0 Å². The van der Waals surface area contributed by atoms with E-state index in [1.165, 1.54) is 18.4 Å². The Hall–Kier alpha value is -1.22. The number of aldehydes is 1. The largest absolute Gasteiger partial charge is 0.302 e. The zero-order valence-electron chi connectivity index (χ0n) is 8.80. The molecule has 1 fully saturated rings. The van der Waals surface area contributed by atoms with Crippen LogP contribution in [0.2, 0.25) is 0 Å². The molecule has 0 N–H and O–H groups in total. The number of hydrogen-bond donors (Lipinski definition) is 0. The molecule has 2 rings (SSSR count). The van der Waals surface area contributed by atoms with Crippen LogP contribution >= 0.6 is 0 Å². The molecule has 1 aromatic heterocycles. The summed E-state index contributed by atoms with van der Waals surface area (Å²) in [5, 5.41) is 0. The molecule has 1 saturated heterocycles. The second-order valence-corrected chi connectivity index (χ2v) is 4.03. The quantitative estimate of drug-likeness (QED) is 0.702. The molecule has 0 amide bonds. The van der Waals surface area contributed by atoms with E-state index in [1.807, 2.05) is 12.3 Å². The maximum absolute atomic E-state index is 10.9. The molecule has 0 aromatic carbocycles. The third-order valence-corrected chi connectivity index (χ3v) is 2.93. The summed E-state index contributed by atoms with van der Waals surface area (Å²) in [7, 11) is 0. The zero-order valence-corrected chi connectivity index (χ0v) is 8.80. The fourth-order valence-corrected chi connectivity index (χ4v) is 2.09. The van der Waals surface area contributed by atoms with Crippen LogP contribution in [0.3, 0.4) is 0 Å². The van der Waals surface area contributed by atoms with Crippen LogP contribution < -0.4 is 0 Å². The van der Waals surface area contributed by atoms with E-state index >= 15 is 0 Å². The average Bonchev–Trinajstić information content (AvgIpc) is 2.31. The summed E-state index contributed by atoms with van der Waals surface area (Å²) < 4.78 is 0. The first-order valence-electron chi connectivity index (χ1n) is 5.48. The predicted octanol–water partition coefficient (Wildman–Crippen LogP) is 1.64. The Balaban J connectivity index is 2.00. The van der Waals surface area contributed by atoms with E-state index in [4.69, 9.17) is 0 Å². The van der Waals surface area contributed by atoms with E-state index in [9.17, 15) is 4.79 Å². The summed E-state index contributed by atoms with van der Waals surface area (Å²) in [6, 6.07) is 4.11. The van der Waals surface area contributed by atoms with Crippen molar-refractivity contribution in [2.75, 3.05) is 6.54 Å². The molecule has 0 radical (unpaired) electrons. The number of nitrogens with zero attached hydrogens (tertiary/aromatic N) is 2. The van der Waals surface area contributed by atoms with Crippen LogP contribution in [-0.2, 0) is 11.3 Å². The van der Waals surface area contributed by atoms with Crippen LogP contribution in [-0.4, -0.2) is 28.8 Å². The van der Waals surface area contributed by atoms with Crippen molar-refractivity contribution in [2.45, 2.75) is 31.8 Å². The summed E-state index contributed by atoms with van der Waals surface area (Å²) >= 11 is 0. The average molecular weight is 204 g/mol. The number of carbonyl (C=O) groups is 1. The third-order valence-electron chi connectivity index (χ3n) is 2.93. The lowest BCUT2D eigenvalue weighted by atomic mass is 10.0. The second-order valence-electron chi connectivity index (χ2n) is 4.03. The smallest absolute Gasteiger partial charge is 0.137 e. The lowest BCUT2D eigenvalue weighted by molar-refractivity contribution is -0.113. The molecule has 3 heteroatoms. The number of carbonyl (C=O) groups excluding carboxylic acids is 1. The van der Waals surface area contributed by atoms with Crippen LogP contribution in [0.1, 0.15) is 24.8 Å². The highest BCUT2D eigenvalue weighted by atomic mass is 16.1. The maximum atomic E-state index is 10.9. The second kappa shape index (κ2) is 5.03. The number of hydrogen-bond acceptors (Lipinski definition) is 3. The maximum Gasteiger partial charge on any atom is 0.137 e. The standard InChI is InChI=1S/C12H16N2O/c15-10-12-5-1-2-7-14(12)9-11-4-3-6-13-8-11/h3-4,6,8,10,12H,1-2,5,7,9H2. The van der Waals surface area contributed by atoms with Crippen LogP contribution in [0, 0.1) is 0 Å². The Morgan fingerprint density at radius 1 is 1.53 bits per heavy atom. The molecule has 80 valence electrons. The highest BCUT2D eigenvalue weighted by Gasteiger charge is 2.21. The first-order valence-corrected chi connectivity index (χ1v) is 5.48. The summed E-state index contributed by atoms with van der Waals surface area (Å²) in [6.07, 6.45) is 8.10. The Bertz CT molecular complexity index is 313. The van der Waals surface area contributed by atoms with Gasteiger partial charge in [0.05, 0.1) is 6.04 Å². The molecular weight excluding hydrogens is 188 g/mol. The van der Waals surface area contributed by atoms with Gasteiger partial charge in [-0.1, -0.05) is 12.5 Å². The van der Waals surface area contributed by atoms with Crippen molar-refractivity contribution >= 4 is 6.29 Å². The topological polar surface area (TPSA) is 33.2 Å². The van der Waals surface area contributed by atoms with Crippen molar-refractivity contribution in [3.05, 3.63) is 30.1 Å². The van der Waals surface area contributed by atoms with Gasteiger partial charge in [0.15, 0.2) is 0 Å². The van der Waals surface area contributed by atoms with Crippen LogP contribution in [0.4, 0.5) is 0 Å². The van der Waals surface area contributed by atoms with Crippen molar-refractivity contribution in [1.82, 2.24) is 9.88 Å². The minimum absolute atomic E-state index is 0.110. The molecule has 0 bridgehead atoms. The van der Waals surface area contributed by atoms with Gasteiger partial charge in [0.2, 0.25) is 0 Å². The monoisotopic (exact) mass is 204 g/mol. The van der Waals surface area contributed by atoms with Gasteiger partial charge >= 0.3 is 0 Å². The SMILES string of the molecule is O=CC1CCCCN1Cc1cccnc1. The predicted molar refractivity (Wildman–Crippen MR) is 58.4 cm³/mol. The molecule has 0 saturated carbocycles. The Morgan fingerprint density at radius 2 is 2.47 bits per heavy atom. The Morgan fingerprint density at radius 3 is 3.20 bits per heavy atom. The number of piperidine rings is 1. The number of likely N-dealkylation sites (tertiary alicyclic amines) is 1. The minimum Gasteiger partial charge on any atom is -0.302 e. The fourth-order valence-electron chi connectivity index (χ4n) is 2.09. The highest BCUT2D eigenvalue weighted by Crippen LogP contribution is 2.17. The van der Waals surface area contributed by atoms with Crippen molar-refractivity contribution < 1.29 is 4.79 Å². The number of rotatable bonds is 3. The molecule has 0 aliphatic carbocycles. The van der Waals surface area contributed by atoms with Crippen LogP contribution in [0.5, 0.6) is 0 Å². The van der Waals surface area contributed by atoms with Crippen molar-refractivity contribution in [3.8, 4) is 0 Å². The summed E-state index contributed by atoms with van der Waals surface area (Å²) in [5.74, 6) is 0. The molecule has 2 heterocycles. The van der Waals surface area contributed by atoms with E-state index in [0.717, 1.165) is 25.8 Å². The Kier molecular flexibility index (Phi) is 3.45. The molecule has 1 aliphatic rings. The zero-order chi connectivity index (χ0) is 10.5. The third kappa shape index (κ3) is 2.63. The van der Waals surface area contributed by atoms with Gasteiger partial charge in [-0.3, -0.25) is 9.88 Å². The number of aromatic nitrogens is 1. The van der Waals surface area contributed by atoms with Crippen molar-refractivity contribution in [3.63, 3.8) is 0 Å². The number of pyridine rings is 1. The van der Waals surface area contributed by atoms with E-state index in [0.29, 0.717) is 0 Å². The van der Waals surface area contributed by atoms with E-state index in [-0.39, 0.29) is 6.04 Å². The molecule has 1 unspecified atom stereocenters. The normalized spacial score (nSPS) is 22.5. The lowest BCUT2D eigenvalue weighted by Gasteiger charge is -2.32. The summed E-state index contributed by atoms with van der Waals surface area (Å²) in [6.45, 7) is 1.87. The van der Waals surface area contributed by atoms with Gasteiger partial charge < -0.3 is 4.79 Å². The van der Waals surface area contributed by atoms with Gasteiger partial charge in [0.1, 0.15) is 6.29 Å². The molecule has 1 aliphatic heterocycles. The molecular formula is C12H16N2O. The molecule has 15 heavy (non-hydrogen) atoms. The van der Waals surface area contributed by atoms with Gasteiger partial charge in [0.25, 0.3) is 0 Å². The fraction of sp³-hybridized carbons (Fsp3) is 0.500. The van der Waals surface area contributed by atoms with Gasteiger partial charge in [-0.05, 0) is 31.0 Å². The van der Waals surface area contributed by atoms with Gasteiger partial charge in [-0.15, -0.1) is 0 Å². The molecule has 1 aromatic rings. The molecule has 0 spiro atoms. The van der Waals surface area contributed by atoms with E-state index in [1.54, 1.807) is 6.20 Å². The van der Waals surface area contributed by atoms with Crippen LogP contribution in [0.25, 0.3) is 0 Å². The minimum atomic E-state index is 0.110. The first kappa shape index (κ1) is 10.3. The van der Waals surface area contributed by atoms with Crippen molar-refractivity contribution in [2.24, 2.45) is 0 Å². The first-order chi connectivity index (χ1) is 7.40. The van der Waals surface area contributed by atoms with Gasteiger partial charge in [0, 0.05) is 18.9 Å². The highest BCUT2D eigenvalue weighted by molar-refractivity contribution is 5.57. The molecule has 1 atom stereocenters. The van der Waals surface area contributed by atoms with Crippen LogP contribution in [0.15, 0.2) is 24.5 Å². The van der Waals surface area contributed by atoms with E-state index < -0.39 is 0 Å². The summed E-state index contributed by atoms with van der Waals surface area (Å²) in [4.78, 5) is 17.2. The Labute approximate surface area is 90.1 Å². The molecule has 3 nitrogen and oxygen atoms in total.